The van der Waals surface area contributed by atoms with Crippen molar-refractivity contribution >= 4 is 0 Å². The Bertz CT molecular complexity index is 150. The molecule has 0 aliphatic carbocycles. The van der Waals surface area contributed by atoms with Crippen LogP contribution in [0.25, 0.3) is 0 Å². The lowest BCUT2D eigenvalue weighted by Gasteiger charge is -2.14. The number of nitrogens with zero attached hydrogens (tertiary/aromatic N) is 1. The molecule has 2 heterocycles. The largest absolute Gasteiger partial charge is 0.314 e. The van der Waals surface area contributed by atoms with Crippen LogP contribution in [0.4, 0.5) is 0 Å². The van der Waals surface area contributed by atoms with Crippen molar-refractivity contribution in [1.82, 2.24) is 10.2 Å². The van der Waals surface area contributed by atoms with Gasteiger partial charge in [0.15, 0.2) is 0 Å². The molecule has 0 spiro atoms. The van der Waals surface area contributed by atoms with E-state index in [1.165, 1.54) is 84.0 Å². The van der Waals surface area contributed by atoms with Gasteiger partial charge in [-0.3, -0.25) is 0 Å². The standard InChI is InChI=1S/C14H28N2/c1(3-8-14-9-7-10-15-14)2-4-11-16-12-5-6-13-16/h14-15H,1-13H2. The summed E-state index contributed by atoms with van der Waals surface area (Å²) >= 11 is 0. The van der Waals surface area contributed by atoms with Crippen LogP contribution in [0, 0.1) is 0 Å². The van der Waals surface area contributed by atoms with Gasteiger partial charge in [-0.2, -0.15) is 0 Å². The van der Waals surface area contributed by atoms with Crippen LogP contribution >= 0.6 is 0 Å². The summed E-state index contributed by atoms with van der Waals surface area (Å²) in [5, 5.41) is 3.58. The first-order chi connectivity index (χ1) is 7.95. The van der Waals surface area contributed by atoms with E-state index in [4.69, 9.17) is 0 Å². The Hall–Kier alpha value is -0.0800. The molecule has 1 N–H and O–H groups in total. The molecule has 94 valence electrons. The molecule has 1 atom stereocenters. The SMILES string of the molecule is C(CCCN1CCCC1)CCC1CCCN1. The lowest BCUT2D eigenvalue weighted by Crippen LogP contribution is -2.21. The Kier molecular flexibility index (Phi) is 5.64. The highest BCUT2D eigenvalue weighted by atomic mass is 15.1. The van der Waals surface area contributed by atoms with Crippen molar-refractivity contribution in [2.45, 2.75) is 63.8 Å². The molecule has 0 aromatic rings. The van der Waals surface area contributed by atoms with E-state index < -0.39 is 0 Å². The molecular weight excluding hydrogens is 196 g/mol. The smallest absolute Gasteiger partial charge is 0.00675 e. The van der Waals surface area contributed by atoms with Crippen LogP contribution < -0.4 is 5.32 Å². The van der Waals surface area contributed by atoms with E-state index in [0.717, 1.165) is 6.04 Å². The third-order valence-corrected chi connectivity index (χ3v) is 4.14. The monoisotopic (exact) mass is 224 g/mol. The minimum absolute atomic E-state index is 0.860. The van der Waals surface area contributed by atoms with Crippen molar-refractivity contribution in [2.75, 3.05) is 26.2 Å². The Morgan fingerprint density at radius 1 is 0.938 bits per heavy atom. The maximum absolute atomic E-state index is 3.58. The van der Waals surface area contributed by atoms with E-state index in [-0.39, 0.29) is 0 Å². The molecule has 2 aliphatic heterocycles. The molecule has 2 fully saturated rings. The summed E-state index contributed by atoms with van der Waals surface area (Å²) in [6.45, 7) is 5.36. The minimum atomic E-state index is 0.860. The summed E-state index contributed by atoms with van der Waals surface area (Å²) in [6.07, 6.45) is 12.9. The van der Waals surface area contributed by atoms with Crippen LogP contribution in [0.1, 0.15) is 57.8 Å². The Morgan fingerprint density at radius 2 is 1.75 bits per heavy atom. The molecule has 2 heteroatoms. The van der Waals surface area contributed by atoms with Crippen molar-refractivity contribution in [1.29, 1.82) is 0 Å². The summed E-state index contributed by atoms with van der Waals surface area (Å²) in [6, 6.07) is 0.860. The molecule has 0 aromatic carbocycles. The molecule has 2 saturated heterocycles. The first-order valence-electron chi connectivity index (χ1n) is 7.41. The minimum Gasteiger partial charge on any atom is -0.314 e. The first kappa shape index (κ1) is 12.4. The Balaban J connectivity index is 1.37. The van der Waals surface area contributed by atoms with Crippen molar-refractivity contribution in [3.05, 3.63) is 0 Å². The molecule has 0 saturated carbocycles. The van der Waals surface area contributed by atoms with E-state index in [9.17, 15) is 0 Å². The quantitative estimate of drug-likeness (QED) is 0.669. The number of hydrogen-bond acceptors (Lipinski definition) is 2. The van der Waals surface area contributed by atoms with E-state index in [1.54, 1.807) is 0 Å². The zero-order valence-corrected chi connectivity index (χ0v) is 10.7. The van der Waals surface area contributed by atoms with E-state index in [2.05, 4.69) is 10.2 Å². The second-order valence-electron chi connectivity index (χ2n) is 5.54. The summed E-state index contributed by atoms with van der Waals surface area (Å²) < 4.78 is 0. The summed E-state index contributed by atoms with van der Waals surface area (Å²) in [4.78, 5) is 2.64. The van der Waals surface area contributed by atoms with Crippen LogP contribution in [0.5, 0.6) is 0 Å². The highest BCUT2D eigenvalue weighted by molar-refractivity contribution is 4.73. The van der Waals surface area contributed by atoms with Gasteiger partial charge in [0.05, 0.1) is 0 Å². The molecule has 1 unspecified atom stereocenters. The molecule has 2 nitrogen and oxygen atoms in total. The van der Waals surface area contributed by atoms with Crippen LogP contribution in [-0.2, 0) is 0 Å². The second kappa shape index (κ2) is 7.29. The third kappa shape index (κ3) is 4.42. The maximum atomic E-state index is 3.58. The van der Waals surface area contributed by atoms with E-state index in [0.29, 0.717) is 0 Å². The van der Waals surface area contributed by atoms with Crippen LogP contribution in [-0.4, -0.2) is 37.1 Å². The van der Waals surface area contributed by atoms with Gasteiger partial charge in [-0.15, -0.1) is 0 Å². The second-order valence-corrected chi connectivity index (χ2v) is 5.54. The van der Waals surface area contributed by atoms with Crippen molar-refractivity contribution in [3.8, 4) is 0 Å². The fourth-order valence-corrected chi connectivity index (χ4v) is 3.09. The number of rotatable bonds is 7. The number of nitrogens with one attached hydrogen (secondary N) is 1. The Labute approximate surface area is 101 Å². The molecule has 16 heavy (non-hydrogen) atoms. The van der Waals surface area contributed by atoms with Crippen molar-refractivity contribution < 1.29 is 0 Å². The number of unbranched alkanes of at least 4 members (excludes halogenated alkanes) is 3. The average molecular weight is 224 g/mol. The van der Waals surface area contributed by atoms with E-state index >= 15 is 0 Å². The highest BCUT2D eigenvalue weighted by Gasteiger charge is 2.13. The first-order valence-corrected chi connectivity index (χ1v) is 7.41. The molecule has 2 aliphatic rings. The topological polar surface area (TPSA) is 15.3 Å². The molecule has 0 aromatic heterocycles. The normalized spacial score (nSPS) is 26.6. The van der Waals surface area contributed by atoms with Gasteiger partial charge in [-0.1, -0.05) is 19.3 Å². The molecule has 0 bridgehead atoms. The zero-order chi connectivity index (χ0) is 11.1. The fraction of sp³-hybridized carbons (Fsp3) is 1.00. The lowest BCUT2D eigenvalue weighted by atomic mass is 10.1. The number of hydrogen-bond donors (Lipinski definition) is 1. The van der Waals surface area contributed by atoms with Gasteiger partial charge in [-0.05, 0) is 64.7 Å². The fourth-order valence-electron chi connectivity index (χ4n) is 3.09. The summed E-state index contributed by atoms with van der Waals surface area (Å²) in [5.41, 5.74) is 0. The predicted octanol–water partition coefficient (Wildman–Crippen LogP) is 2.78. The highest BCUT2D eigenvalue weighted by Crippen LogP contribution is 2.14. The number of likely N-dealkylation sites (tertiary alicyclic amines) is 1. The average Bonchev–Trinajstić information content (AvgIpc) is 2.96. The van der Waals surface area contributed by atoms with Crippen LogP contribution in [0.15, 0.2) is 0 Å². The van der Waals surface area contributed by atoms with Gasteiger partial charge in [0.1, 0.15) is 0 Å². The summed E-state index contributed by atoms with van der Waals surface area (Å²) in [5.74, 6) is 0. The molecule has 0 amide bonds. The zero-order valence-electron chi connectivity index (χ0n) is 10.7. The van der Waals surface area contributed by atoms with Gasteiger partial charge in [0.2, 0.25) is 0 Å². The van der Waals surface area contributed by atoms with Crippen LogP contribution in [0.3, 0.4) is 0 Å². The van der Waals surface area contributed by atoms with Gasteiger partial charge in [0.25, 0.3) is 0 Å². The molecule has 2 rings (SSSR count). The third-order valence-electron chi connectivity index (χ3n) is 4.14. The maximum Gasteiger partial charge on any atom is 0.00675 e. The predicted molar refractivity (Wildman–Crippen MR) is 69.8 cm³/mol. The van der Waals surface area contributed by atoms with Gasteiger partial charge >= 0.3 is 0 Å². The lowest BCUT2D eigenvalue weighted by molar-refractivity contribution is 0.327. The van der Waals surface area contributed by atoms with Crippen molar-refractivity contribution in [2.24, 2.45) is 0 Å². The van der Waals surface area contributed by atoms with Crippen LogP contribution in [0.2, 0.25) is 0 Å². The molecule has 0 radical (unpaired) electrons. The summed E-state index contributed by atoms with van der Waals surface area (Å²) in [7, 11) is 0. The van der Waals surface area contributed by atoms with Gasteiger partial charge in [-0.25, -0.2) is 0 Å². The Morgan fingerprint density at radius 3 is 2.50 bits per heavy atom. The van der Waals surface area contributed by atoms with Crippen molar-refractivity contribution in [3.63, 3.8) is 0 Å². The molecular formula is C14H28N2. The van der Waals surface area contributed by atoms with E-state index in [1.807, 2.05) is 0 Å². The van der Waals surface area contributed by atoms with Gasteiger partial charge in [0, 0.05) is 6.04 Å². The van der Waals surface area contributed by atoms with Gasteiger partial charge < -0.3 is 10.2 Å².